The smallest absolute Gasteiger partial charge is 0.234 e. The van der Waals surface area contributed by atoms with E-state index in [9.17, 15) is 4.79 Å². The Hall–Kier alpha value is -3.20. The summed E-state index contributed by atoms with van der Waals surface area (Å²) in [5.41, 5.74) is 2.54. The van der Waals surface area contributed by atoms with Gasteiger partial charge in [-0.05, 0) is 61.5 Å². The standard InChI is InChI=1S/C25H22Cl2N4O3S/c1-16-3-8-20(9-4-16)34-14-23-29-30-25(31(23)18-6-10-19(33-2)11-7-18)35-15-24(32)28-17-5-12-21(26)22(27)13-17/h3-13H,14-15H2,1-2H3,(H,28,32). The first kappa shape index (κ1) is 24.9. The van der Waals surface area contributed by atoms with Gasteiger partial charge in [0.05, 0.1) is 22.9 Å². The van der Waals surface area contributed by atoms with Crippen LogP contribution in [0.2, 0.25) is 10.0 Å². The zero-order valence-electron chi connectivity index (χ0n) is 19.0. The number of nitrogens with zero attached hydrogens (tertiary/aromatic N) is 3. The third-order valence-electron chi connectivity index (χ3n) is 4.96. The molecule has 0 saturated carbocycles. The van der Waals surface area contributed by atoms with Gasteiger partial charge in [-0.25, -0.2) is 0 Å². The van der Waals surface area contributed by atoms with Crippen LogP contribution in [0, 0.1) is 6.92 Å². The van der Waals surface area contributed by atoms with Crippen molar-refractivity contribution in [2.24, 2.45) is 0 Å². The predicted molar refractivity (Wildman–Crippen MR) is 139 cm³/mol. The van der Waals surface area contributed by atoms with Gasteiger partial charge in [-0.3, -0.25) is 9.36 Å². The van der Waals surface area contributed by atoms with Crippen molar-refractivity contribution in [3.05, 3.63) is 88.2 Å². The first-order valence-electron chi connectivity index (χ1n) is 10.6. The summed E-state index contributed by atoms with van der Waals surface area (Å²) in [4.78, 5) is 12.6. The topological polar surface area (TPSA) is 78.3 Å². The second kappa shape index (κ2) is 11.5. The number of aryl methyl sites for hydroxylation is 1. The molecule has 180 valence electrons. The number of anilines is 1. The van der Waals surface area contributed by atoms with E-state index in [0.29, 0.717) is 26.7 Å². The fourth-order valence-electron chi connectivity index (χ4n) is 3.16. The number of amides is 1. The van der Waals surface area contributed by atoms with Gasteiger partial charge in [-0.1, -0.05) is 52.7 Å². The molecule has 1 heterocycles. The highest BCUT2D eigenvalue weighted by molar-refractivity contribution is 7.99. The van der Waals surface area contributed by atoms with Crippen LogP contribution in [0.1, 0.15) is 11.4 Å². The van der Waals surface area contributed by atoms with Gasteiger partial charge in [0.25, 0.3) is 0 Å². The molecule has 4 aromatic rings. The lowest BCUT2D eigenvalue weighted by molar-refractivity contribution is -0.113. The minimum Gasteiger partial charge on any atom is -0.497 e. The van der Waals surface area contributed by atoms with Gasteiger partial charge in [0, 0.05) is 11.4 Å². The van der Waals surface area contributed by atoms with Crippen molar-refractivity contribution in [1.82, 2.24) is 14.8 Å². The van der Waals surface area contributed by atoms with Crippen LogP contribution >= 0.6 is 35.0 Å². The number of aromatic nitrogens is 3. The van der Waals surface area contributed by atoms with E-state index in [1.165, 1.54) is 11.8 Å². The maximum absolute atomic E-state index is 12.6. The third-order valence-corrected chi connectivity index (χ3v) is 6.62. The first-order chi connectivity index (χ1) is 16.9. The number of hydrogen-bond acceptors (Lipinski definition) is 6. The van der Waals surface area contributed by atoms with Crippen molar-refractivity contribution < 1.29 is 14.3 Å². The number of hydrogen-bond donors (Lipinski definition) is 1. The summed E-state index contributed by atoms with van der Waals surface area (Å²) in [6, 6.07) is 20.2. The van der Waals surface area contributed by atoms with Crippen LogP contribution in [-0.2, 0) is 11.4 Å². The minimum absolute atomic E-state index is 0.118. The van der Waals surface area contributed by atoms with E-state index >= 15 is 0 Å². The summed E-state index contributed by atoms with van der Waals surface area (Å²) in [7, 11) is 1.61. The van der Waals surface area contributed by atoms with Gasteiger partial charge in [-0.15, -0.1) is 10.2 Å². The van der Waals surface area contributed by atoms with Crippen molar-refractivity contribution in [3.8, 4) is 17.2 Å². The highest BCUT2D eigenvalue weighted by Crippen LogP contribution is 2.27. The van der Waals surface area contributed by atoms with E-state index in [4.69, 9.17) is 32.7 Å². The third kappa shape index (κ3) is 6.48. The number of carbonyl (C=O) groups is 1. The lowest BCUT2D eigenvalue weighted by atomic mass is 10.2. The Bertz CT molecular complexity index is 1310. The molecule has 0 saturated heterocycles. The van der Waals surface area contributed by atoms with E-state index in [1.54, 1.807) is 25.3 Å². The van der Waals surface area contributed by atoms with E-state index < -0.39 is 0 Å². The van der Waals surface area contributed by atoms with Crippen LogP contribution in [0.3, 0.4) is 0 Å². The molecule has 10 heteroatoms. The summed E-state index contributed by atoms with van der Waals surface area (Å²) < 4.78 is 13.1. The number of benzene rings is 3. The van der Waals surface area contributed by atoms with E-state index in [0.717, 1.165) is 22.7 Å². The van der Waals surface area contributed by atoms with Gasteiger partial charge >= 0.3 is 0 Å². The monoisotopic (exact) mass is 528 g/mol. The van der Waals surface area contributed by atoms with Crippen LogP contribution in [0.5, 0.6) is 11.5 Å². The minimum atomic E-state index is -0.213. The predicted octanol–water partition coefficient (Wildman–Crippen LogP) is 6.20. The largest absolute Gasteiger partial charge is 0.497 e. The maximum Gasteiger partial charge on any atom is 0.234 e. The van der Waals surface area contributed by atoms with Crippen molar-refractivity contribution in [2.45, 2.75) is 18.7 Å². The Labute approximate surface area is 217 Å². The summed E-state index contributed by atoms with van der Waals surface area (Å²) in [5, 5.41) is 12.8. The molecule has 0 radical (unpaired) electrons. The van der Waals surface area contributed by atoms with Crippen LogP contribution < -0.4 is 14.8 Å². The molecule has 0 aliphatic carbocycles. The molecule has 1 amide bonds. The number of methoxy groups -OCH3 is 1. The van der Waals surface area contributed by atoms with Crippen LogP contribution in [0.25, 0.3) is 5.69 Å². The van der Waals surface area contributed by atoms with E-state index in [2.05, 4.69) is 15.5 Å². The molecule has 0 bridgehead atoms. The fraction of sp³-hybridized carbons (Fsp3) is 0.160. The SMILES string of the molecule is COc1ccc(-n2c(COc3ccc(C)cc3)nnc2SCC(=O)Nc2ccc(Cl)c(Cl)c2)cc1. The molecule has 0 aliphatic heterocycles. The summed E-state index contributed by atoms with van der Waals surface area (Å²) in [6.45, 7) is 2.23. The molecular formula is C25H22Cl2N4O3S. The second-order valence-corrected chi connectivity index (χ2v) is 9.26. The van der Waals surface area contributed by atoms with E-state index in [1.807, 2.05) is 60.0 Å². The molecule has 1 N–H and O–H groups in total. The molecule has 0 atom stereocenters. The number of carbonyl (C=O) groups excluding carboxylic acids is 1. The molecule has 3 aromatic carbocycles. The lowest BCUT2D eigenvalue weighted by Crippen LogP contribution is -2.14. The van der Waals surface area contributed by atoms with E-state index in [-0.39, 0.29) is 18.3 Å². The summed E-state index contributed by atoms with van der Waals surface area (Å²) >= 11 is 13.2. The highest BCUT2D eigenvalue weighted by atomic mass is 35.5. The Kier molecular flexibility index (Phi) is 8.17. The zero-order valence-corrected chi connectivity index (χ0v) is 21.3. The summed E-state index contributed by atoms with van der Waals surface area (Å²) in [5.74, 6) is 1.97. The molecule has 0 unspecified atom stereocenters. The lowest BCUT2D eigenvalue weighted by Gasteiger charge is -2.12. The van der Waals surface area contributed by atoms with Gasteiger partial charge in [-0.2, -0.15) is 0 Å². The Morgan fingerprint density at radius 2 is 1.69 bits per heavy atom. The van der Waals surface area contributed by atoms with Crippen molar-refractivity contribution in [1.29, 1.82) is 0 Å². The average Bonchev–Trinajstić information content (AvgIpc) is 3.27. The van der Waals surface area contributed by atoms with Crippen LogP contribution in [0.15, 0.2) is 71.9 Å². The molecule has 7 nitrogen and oxygen atoms in total. The van der Waals surface area contributed by atoms with Gasteiger partial charge in [0.2, 0.25) is 5.91 Å². The quantitative estimate of drug-likeness (QED) is 0.260. The Morgan fingerprint density at radius 1 is 0.971 bits per heavy atom. The summed E-state index contributed by atoms with van der Waals surface area (Å²) in [6.07, 6.45) is 0. The Balaban J connectivity index is 1.51. The van der Waals surface area contributed by atoms with Crippen molar-refractivity contribution >= 4 is 46.6 Å². The number of thioether (sulfide) groups is 1. The fourth-order valence-corrected chi connectivity index (χ4v) is 4.23. The number of halogens is 2. The molecular weight excluding hydrogens is 507 g/mol. The maximum atomic E-state index is 12.6. The second-order valence-electron chi connectivity index (χ2n) is 7.50. The highest BCUT2D eigenvalue weighted by Gasteiger charge is 2.17. The van der Waals surface area contributed by atoms with Crippen molar-refractivity contribution in [3.63, 3.8) is 0 Å². The molecule has 0 spiro atoms. The number of nitrogens with one attached hydrogen (secondary N) is 1. The first-order valence-corrected chi connectivity index (χ1v) is 12.3. The van der Waals surface area contributed by atoms with Crippen LogP contribution in [-0.4, -0.2) is 33.5 Å². The zero-order chi connectivity index (χ0) is 24.8. The number of rotatable bonds is 9. The molecule has 0 aliphatic rings. The molecule has 0 fully saturated rings. The Morgan fingerprint density at radius 3 is 2.37 bits per heavy atom. The molecule has 4 rings (SSSR count). The van der Waals surface area contributed by atoms with Gasteiger partial charge < -0.3 is 14.8 Å². The molecule has 1 aromatic heterocycles. The van der Waals surface area contributed by atoms with Crippen LogP contribution in [0.4, 0.5) is 5.69 Å². The normalized spacial score (nSPS) is 10.7. The van der Waals surface area contributed by atoms with Gasteiger partial charge in [0.1, 0.15) is 18.1 Å². The number of ether oxygens (including phenoxy) is 2. The molecule has 35 heavy (non-hydrogen) atoms. The van der Waals surface area contributed by atoms with Gasteiger partial charge in [0.15, 0.2) is 11.0 Å². The van der Waals surface area contributed by atoms with Crippen molar-refractivity contribution in [2.75, 3.05) is 18.2 Å². The average molecular weight is 529 g/mol.